The quantitative estimate of drug-likeness (QED) is 0.701. The van der Waals surface area contributed by atoms with Gasteiger partial charge in [-0.15, -0.1) is 0 Å². The van der Waals surface area contributed by atoms with E-state index in [0.29, 0.717) is 22.8 Å². The van der Waals surface area contributed by atoms with Crippen LogP contribution in [0.2, 0.25) is 0 Å². The number of nitrogens with one attached hydrogen (secondary N) is 1. The Morgan fingerprint density at radius 3 is 2.85 bits per heavy atom. The number of amides is 1. The van der Waals surface area contributed by atoms with Crippen LogP contribution in [0.1, 0.15) is 18.6 Å². The van der Waals surface area contributed by atoms with Gasteiger partial charge in [-0.3, -0.25) is 4.79 Å². The van der Waals surface area contributed by atoms with Crippen LogP contribution in [0.4, 0.5) is 0 Å². The van der Waals surface area contributed by atoms with E-state index in [2.05, 4.69) is 5.32 Å². The fourth-order valence-electron chi connectivity index (χ4n) is 1.90. The molecule has 1 amide bonds. The van der Waals surface area contributed by atoms with Gasteiger partial charge >= 0.3 is 0 Å². The van der Waals surface area contributed by atoms with Crippen LogP contribution >= 0.6 is 0 Å². The van der Waals surface area contributed by atoms with E-state index >= 15 is 0 Å². The molecule has 2 rings (SSSR count). The number of hydrogen-bond donors (Lipinski definition) is 3. The van der Waals surface area contributed by atoms with Gasteiger partial charge in [-0.2, -0.15) is 0 Å². The summed E-state index contributed by atoms with van der Waals surface area (Å²) in [5.41, 5.74) is 0.420. The molecule has 0 saturated heterocycles. The highest BCUT2D eigenvalue weighted by molar-refractivity contribution is 5.72. The lowest BCUT2D eigenvalue weighted by Crippen LogP contribution is -2.34. The number of aliphatic hydroxyl groups excluding tert-OH is 2. The maximum Gasteiger partial charge on any atom is 0.231 e. The van der Waals surface area contributed by atoms with Crippen LogP contribution < -0.4 is 19.5 Å². The Labute approximate surface area is 116 Å². The van der Waals surface area contributed by atoms with Crippen molar-refractivity contribution in [3.63, 3.8) is 0 Å². The van der Waals surface area contributed by atoms with Crippen molar-refractivity contribution < 1.29 is 29.2 Å². The molecule has 1 heterocycles. The predicted molar refractivity (Wildman–Crippen MR) is 68.8 cm³/mol. The van der Waals surface area contributed by atoms with Crippen LogP contribution in [0, 0.1) is 0 Å². The lowest BCUT2D eigenvalue weighted by molar-refractivity contribution is -0.119. The fourth-order valence-corrected chi connectivity index (χ4v) is 1.90. The number of benzene rings is 1. The molecule has 1 aliphatic heterocycles. The summed E-state index contributed by atoms with van der Waals surface area (Å²) in [7, 11) is 1.47. The summed E-state index contributed by atoms with van der Waals surface area (Å²) in [6, 6.07) is 3.14. The van der Waals surface area contributed by atoms with Crippen molar-refractivity contribution in [1.82, 2.24) is 5.32 Å². The van der Waals surface area contributed by atoms with E-state index in [-0.39, 0.29) is 19.2 Å². The van der Waals surface area contributed by atoms with E-state index in [1.54, 1.807) is 12.1 Å². The summed E-state index contributed by atoms with van der Waals surface area (Å²) < 4.78 is 15.6. The van der Waals surface area contributed by atoms with Crippen LogP contribution in [0.3, 0.4) is 0 Å². The van der Waals surface area contributed by atoms with Crippen LogP contribution in [-0.4, -0.2) is 42.7 Å². The highest BCUT2D eigenvalue weighted by atomic mass is 16.7. The SMILES string of the molecule is COc1cc(C(O)C(O)CNC(C)=O)cc2c1OCO2. The average Bonchev–Trinajstić information content (AvgIpc) is 2.90. The molecule has 0 saturated carbocycles. The van der Waals surface area contributed by atoms with Gasteiger partial charge in [0.05, 0.1) is 7.11 Å². The van der Waals surface area contributed by atoms with Crippen LogP contribution in [0.25, 0.3) is 0 Å². The molecule has 0 spiro atoms. The van der Waals surface area contributed by atoms with Crippen molar-refractivity contribution in [2.24, 2.45) is 0 Å². The lowest BCUT2D eigenvalue weighted by atomic mass is 10.0. The first-order valence-electron chi connectivity index (χ1n) is 6.11. The summed E-state index contributed by atoms with van der Waals surface area (Å²) in [5.74, 6) is 1.06. The number of aliphatic hydroxyl groups is 2. The Morgan fingerprint density at radius 2 is 2.20 bits per heavy atom. The van der Waals surface area contributed by atoms with Gasteiger partial charge in [-0.25, -0.2) is 0 Å². The van der Waals surface area contributed by atoms with Gasteiger partial charge < -0.3 is 29.7 Å². The van der Waals surface area contributed by atoms with E-state index in [4.69, 9.17) is 14.2 Å². The largest absolute Gasteiger partial charge is 0.493 e. The van der Waals surface area contributed by atoms with Crippen LogP contribution in [0.5, 0.6) is 17.2 Å². The summed E-state index contributed by atoms with van der Waals surface area (Å²) in [4.78, 5) is 10.8. The molecule has 0 aromatic heterocycles. The third-order valence-corrected chi connectivity index (χ3v) is 2.95. The maximum atomic E-state index is 10.8. The molecule has 0 aliphatic carbocycles. The van der Waals surface area contributed by atoms with Crippen molar-refractivity contribution in [1.29, 1.82) is 0 Å². The molecule has 0 radical (unpaired) electrons. The van der Waals surface area contributed by atoms with Gasteiger partial charge in [0.25, 0.3) is 0 Å². The Morgan fingerprint density at radius 1 is 1.45 bits per heavy atom. The summed E-state index contributed by atoms with van der Waals surface area (Å²) in [6.07, 6.45) is -2.31. The van der Waals surface area contributed by atoms with E-state index < -0.39 is 12.2 Å². The zero-order valence-electron chi connectivity index (χ0n) is 11.3. The maximum absolute atomic E-state index is 10.8. The van der Waals surface area contributed by atoms with Gasteiger partial charge in [0.15, 0.2) is 11.5 Å². The van der Waals surface area contributed by atoms with Gasteiger partial charge in [0.1, 0.15) is 12.2 Å². The zero-order valence-corrected chi connectivity index (χ0v) is 11.3. The highest BCUT2D eigenvalue weighted by Crippen LogP contribution is 2.43. The molecule has 7 heteroatoms. The minimum absolute atomic E-state index is 0.0484. The van der Waals surface area contributed by atoms with Crippen LogP contribution in [0.15, 0.2) is 12.1 Å². The first-order chi connectivity index (χ1) is 9.52. The highest BCUT2D eigenvalue weighted by Gasteiger charge is 2.25. The minimum atomic E-state index is -1.18. The monoisotopic (exact) mass is 283 g/mol. The van der Waals surface area contributed by atoms with E-state index in [9.17, 15) is 15.0 Å². The summed E-state index contributed by atoms with van der Waals surface area (Å²) in [5, 5.41) is 22.4. The average molecular weight is 283 g/mol. The van der Waals surface area contributed by atoms with Gasteiger partial charge in [0, 0.05) is 13.5 Å². The van der Waals surface area contributed by atoms with Gasteiger partial charge in [-0.1, -0.05) is 0 Å². The van der Waals surface area contributed by atoms with E-state index in [1.807, 2.05) is 0 Å². The summed E-state index contributed by atoms with van der Waals surface area (Å²) >= 11 is 0. The van der Waals surface area contributed by atoms with Crippen molar-refractivity contribution in [3.05, 3.63) is 17.7 Å². The molecule has 0 bridgehead atoms. The molecule has 2 atom stereocenters. The number of ether oxygens (including phenoxy) is 3. The van der Waals surface area contributed by atoms with Gasteiger partial charge in [0.2, 0.25) is 18.4 Å². The second-order valence-corrected chi connectivity index (χ2v) is 4.41. The Hall–Kier alpha value is -1.99. The molecule has 1 aromatic carbocycles. The number of methoxy groups -OCH3 is 1. The van der Waals surface area contributed by atoms with Crippen molar-refractivity contribution in [2.75, 3.05) is 20.4 Å². The summed E-state index contributed by atoms with van der Waals surface area (Å²) in [6.45, 7) is 1.37. The molecule has 2 unspecified atom stereocenters. The fraction of sp³-hybridized carbons (Fsp3) is 0.462. The van der Waals surface area contributed by atoms with E-state index in [1.165, 1.54) is 14.0 Å². The van der Waals surface area contributed by atoms with Crippen LogP contribution in [-0.2, 0) is 4.79 Å². The van der Waals surface area contributed by atoms with Gasteiger partial charge in [-0.05, 0) is 17.7 Å². The molecular formula is C13H17NO6. The first kappa shape index (κ1) is 14.4. The molecule has 1 aliphatic rings. The standard InChI is InChI=1S/C13H17NO6/c1-7(15)14-5-9(16)12(17)8-3-10(18-2)13-11(4-8)19-6-20-13/h3-4,9,12,16-17H,5-6H2,1-2H3,(H,14,15). The smallest absolute Gasteiger partial charge is 0.231 e. The third-order valence-electron chi connectivity index (χ3n) is 2.95. The molecule has 1 aromatic rings. The van der Waals surface area contributed by atoms with Crippen molar-refractivity contribution in [2.45, 2.75) is 19.1 Å². The second kappa shape index (κ2) is 5.98. The number of hydrogen-bond acceptors (Lipinski definition) is 6. The molecule has 7 nitrogen and oxygen atoms in total. The zero-order chi connectivity index (χ0) is 14.7. The number of carbonyl (C=O) groups is 1. The Bertz CT molecular complexity index is 504. The second-order valence-electron chi connectivity index (χ2n) is 4.41. The molecule has 3 N–H and O–H groups in total. The number of rotatable bonds is 5. The molecule has 20 heavy (non-hydrogen) atoms. The topological polar surface area (TPSA) is 97.2 Å². The molecular weight excluding hydrogens is 266 g/mol. The first-order valence-corrected chi connectivity index (χ1v) is 6.11. The van der Waals surface area contributed by atoms with Crippen molar-refractivity contribution in [3.8, 4) is 17.2 Å². The Balaban J connectivity index is 2.17. The lowest BCUT2D eigenvalue weighted by Gasteiger charge is -2.19. The normalized spacial score (nSPS) is 15.6. The third kappa shape index (κ3) is 2.94. The molecule has 110 valence electrons. The van der Waals surface area contributed by atoms with Crippen molar-refractivity contribution >= 4 is 5.91 Å². The number of fused-ring (bicyclic) bond motifs is 1. The number of carbonyl (C=O) groups excluding carboxylic acids is 1. The molecule has 0 fully saturated rings. The minimum Gasteiger partial charge on any atom is -0.493 e. The predicted octanol–water partition coefficient (Wildman–Crippen LogP) is -0.0457. The van der Waals surface area contributed by atoms with E-state index in [0.717, 1.165) is 0 Å². The Kier molecular flexibility index (Phi) is 4.31.